The van der Waals surface area contributed by atoms with Gasteiger partial charge in [0.25, 0.3) is 0 Å². The highest BCUT2D eigenvalue weighted by Crippen LogP contribution is 2.39. The van der Waals surface area contributed by atoms with Crippen molar-refractivity contribution in [2.45, 2.75) is 44.0 Å². The number of ether oxygens (including phenoxy) is 2. The lowest BCUT2D eigenvalue weighted by Crippen LogP contribution is -2.10. The lowest BCUT2D eigenvalue weighted by Gasteiger charge is -2.12. The highest BCUT2D eigenvalue weighted by atomic mass is 16.6. The number of allylic oxidation sites excluding steroid dienone is 1. The molecule has 3 fully saturated rings. The molecule has 0 spiro atoms. The highest BCUT2D eigenvalue weighted by Gasteiger charge is 2.42. The molecule has 0 aromatic rings. The number of carboxylic acid groups (broad SMARTS) is 1. The minimum Gasteiger partial charge on any atom is -0.478 e. The molecule has 0 radical (unpaired) electrons. The monoisotopic (exact) mass is 252 g/mol. The number of carbonyl (C=O) groups is 1. The first-order chi connectivity index (χ1) is 8.60. The Balaban J connectivity index is 0.000000134. The first kappa shape index (κ1) is 13.3. The summed E-state index contributed by atoms with van der Waals surface area (Å²) in [6.07, 6.45) is 7.71. The molecule has 100 valence electrons. The second-order valence-electron chi connectivity index (χ2n) is 5.09. The molecule has 4 unspecified atom stereocenters. The summed E-state index contributed by atoms with van der Waals surface area (Å²) in [4.78, 5) is 10.1. The zero-order valence-electron chi connectivity index (χ0n) is 10.5. The van der Waals surface area contributed by atoms with Gasteiger partial charge in [-0.3, -0.25) is 0 Å². The van der Waals surface area contributed by atoms with Crippen LogP contribution in [0.1, 0.15) is 25.7 Å². The molecule has 0 aromatic carbocycles. The maximum absolute atomic E-state index is 10.1. The Labute approximate surface area is 107 Å². The second-order valence-corrected chi connectivity index (χ2v) is 5.09. The molecular formula is C14H20O4. The lowest BCUT2D eigenvalue weighted by atomic mass is 9.90. The Morgan fingerprint density at radius 3 is 2.61 bits per heavy atom. The van der Waals surface area contributed by atoms with E-state index in [-0.39, 0.29) is 11.7 Å². The predicted octanol–water partition coefficient (Wildman–Crippen LogP) is 2.16. The normalized spacial score (nSPS) is 35.6. The summed E-state index contributed by atoms with van der Waals surface area (Å²) in [5.41, 5.74) is 0.234. The van der Waals surface area contributed by atoms with E-state index >= 15 is 0 Å². The van der Waals surface area contributed by atoms with Crippen LogP contribution in [0.4, 0.5) is 0 Å². The van der Waals surface area contributed by atoms with Gasteiger partial charge in [-0.05, 0) is 25.2 Å². The molecule has 2 aliphatic heterocycles. The number of epoxide rings is 2. The van der Waals surface area contributed by atoms with Crippen molar-refractivity contribution in [1.29, 1.82) is 0 Å². The van der Waals surface area contributed by atoms with Gasteiger partial charge in [0.05, 0.1) is 24.9 Å². The maximum Gasteiger partial charge on any atom is 0.331 e. The van der Waals surface area contributed by atoms with Crippen molar-refractivity contribution >= 4 is 5.97 Å². The summed E-state index contributed by atoms with van der Waals surface area (Å²) in [5, 5.41) is 8.30. The second kappa shape index (κ2) is 5.67. The Kier molecular flexibility index (Phi) is 4.19. The van der Waals surface area contributed by atoms with E-state index in [1.807, 2.05) is 0 Å². The summed E-state index contributed by atoms with van der Waals surface area (Å²) in [7, 11) is 0. The van der Waals surface area contributed by atoms with Gasteiger partial charge in [-0.25, -0.2) is 4.79 Å². The van der Waals surface area contributed by atoms with Crippen molar-refractivity contribution in [3.05, 3.63) is 24.8 Å². The van der Waals surface area contributed by atoms with Crippen molar-refractivity contribution < 1.29 is 19.4 Å². The molecule has 3 aliphatic rings. The molecule has 0 bridgehead atoms. The SMILES string of the molecule is C=C(CC1CO1)C(=O)O.C=CC1CCC2OC2C1. The third-order valence-corrected chi connectivity index (χ3v) is 3.56. The van der Waals surface area contributed by atoms with Gasteiger partial charge >= 0.3 is 5.97 Å². The number of hydrogen-bond donors (Lipinski definition) is 1. The van der Waals surface area contributed by atoms with Gasteiger partial charge < -0.3 is 14.6 Å². The fraction of sp³-hybridized carbons (Fsp3) is 0.643. The Morgan fingerprint density at radius 2 is 2.11 bits per heavy atom. The van der Waals surface area contributed by atoms with Gasteiger partial charge in [0.15, 0.2) is 0 Å². The number of fused-ring (bicyclic) bond motifs is 1. The van der Waals surface area contributed by atoms with Crippen LogP contribution < -0.4 is 0 Å². The van der Waals surface area contributed by atoms with Crippen LogP contribution in [0.25, 0.3) is 0 Å². The predicted molar refractivity (Wildman–Crippen MR) is 67.3 cm³/mol. The molecule has 3 rings (SSSR count). The highest BCUT2D eigenvalue weighted by molar-refractivity contribution is 5.85. The number of hydrogen-bond acceptors (Lipinski definition) is 3. The van der Waals surface area contributed by atoms with Crippen molar-refractivity contribution in [2.75, 3.05) is 6.61 Å². The Morgan fingerprint density at radius 1 is 1.39 bits per heavy atom. The van der Waals surface area contributed by atoms with Crippen LogP contribution in [0.5, 0.6) is 0 Å². The number of carboxylic acids is 1. The summed E-state index contributed by atoms with van der Waals surface area (Å²) in [6.45, 7) is 7.82. The molecule has 1 saturated carbocycles. The van der Waals surface area contributed by atoms with Crippen molar-refractivity contribution in [2.24, 2.45) is 5.92 Å². The summed E-state index contributed by atoms with van der Waals surface area (Å²) in [6, 6.07) is 0. The van der Waals surface area contributed by atoms with E-state index in [0.29, 0.717) is 25.2 Å². The largest absolute Gasteiger partial charge is 0.478 e. The maximum atomic E-state index is 10.1. The van der Waals surface area contributed by atoms with Crippen molar-refractivity contribution in [1.82, 2.24) is 0 Å². The number of rotatable bonds is 4. The van der Waals surface area contributed by atoms with E-state index in [1.54, 1.807) is 0 Å². The fourth-order valence-corrected chi connectivity index (χ4v) is 2.20. The topological polar surface area (TPSA) is 62.4 Å². The van der Waals surface area contributed by atoms with Crippen molar-refractivity contribution in [3.63, 3.8) is 0 Å². The molecule has 4 heteroatoms. The molecule has 2 heterocycles. The van der Waals surface area contributed by atoms with Crippen LogP contribution in [0, 0.1) is 5.92 Å². The zero-order valence-corrected chi connectivity index (χ0v) is 10.5. The third-order valence-electron chi connectivity index (χ3n) is 3.56. The quantitative estimate of drug-likeness (QED) is 0.473. The molecular weight excluding hydrogens is 232 g/mol. The van der Waals surface area contributed by atoms with Gasteiger partial charge in [0, 0.05) is 12.0 Å². The van der Waals surface area contributed by atoms with Gasteiger partial charge in [-0.15, -0.1) is 6.58 Å². The average molecular weight is 252 g/mol. The standard InChI is InChI=1S/C8H12O.C6H8O3/c1-2-6-3-4-7-8(5-6)9-7;1-4(6(7)8)2-5-3-9-5/h2,6-8H,1,3-5H2;5H,1-3H2,(H,7,8). The molecule has 0 aromatic heterocycles. The van der Waals surface area contributed by atoms with E-state index in [2.05, 4.69) is 19.2 Å². The van der Waals surface area contributed by atoms with Gasteiger partial charge in [0.2, 0.25) is 0 Å². The summed E-state index contributed by atoms with van der Waals surface area (Å²) in [5.74, 6) is -0.181. The van der Waals surface area contributed by atoms with Crippen LogP contribution in [-0.2, 0) is 14.3 Å². The Hall–Kier alpha value is -1.13. The molecule has 4 nitrogen and oxygen atoms in total. The molecule has 18 heavy (non-hydrogen) atoms. The van der Waals surface area contributed by atoms with Crippen LogP contribution in [-0.4, -0.2) is 36.0 Å². The third kappa shape index (κ3) is 3.96. The number of aliphatic carboxylic acids is 1. The first-order valence-corrected chi connectivity index (χ1v) is 6.41. The van der Waals surface area contributed by atoms with E-state index < -0.39 is 5.97 Å². The van der Waals surface area contributed by atoms with Crippen LogP contribution in [0.3, 0.4) is 0 Å². The van der Waals surface area contributed by atoms with Crippen LogP contribution in [0.2, 0.25) is 0 Å². The van der Waals surface area contributed by atoms with Crippen LogP contribution in [0.15, 0.2) is 24.8 Å². The van der Waals surface area contributed by atoms with E-state index in [0.717, 1.165) is 5.92 Å². The first-order valence-electron chi connectivity index (χ1n) is 6.41. The molecule has 2 saturated heterocycles. The van der Waals surface area contributed by atoms with E-state index in [9.17, 15) is 4.79 Å². The minimum atomic E-state index is -0.925. The molecule has 4 atom stereocenters. The molecule has 1 N–H and O–H groups in total. The summed E-state index contributed by atoms with van der Waals surface area (Å²) < 4.78 is 10.2. The van der Waals surface area contributed by atoms with Gasteiger partial charge in [0.1, 0.15) is 0 Å². The van der Waals surface area contributed by atoms with Gasteiger partial charge in [-0.2, -0.15) is 0 Å². The smallest absolute Gasteiger partial charge is 0.331 e. The lowest BCUT2D eigenvalue weighted by molar-refractivity contribution is -0.132. The Bertz CT molecular complexity index is 346. The fourth-order valence-electron chi connectivity index (χ4n) is 2.20. The minimum absolute atomic E-state index is 0.133. The molecule has 1 aliphatic carbocycles. The zero-order chi connectivity index (χ0) is 13.1. The van der Waals surface area contributed by atoms with Crippen molar-refractivity contribution in [3.8, 4) is 0 Å². The molecule has 0 amide bonds. The van der Waals surface area contributed by atoms with E-state index in [1.165, 1.54) is 19.3 Å². The van der Waals surface area contributed by atoms with E-state index in [4.69, 9.17) is 14.6 Å². The summed E-state index contributed by atoms with van der Waals surface area (Å²) >= 11 is 0. The van der Waals surface area contributed by atoms with Gasteiger partial charge in [-0.1, -0.05) is 12.7 Å². The van der Waals surface area contributed by atoms with Crippen LogP contribution >= 0.6 is 0 Å². The average Bonchev–Trinajstić information content (AvgIpc) is 3.23.